The molecule has 9 nitrogen and oxygen atoms in total. The van der Waals surface area contributed by atoms with Gasteiger partial charge in [-0.1, -0.05) is 30.3 Å². The van der Waals surface area contributed by atoms with Gasteiger partial charge in [-0.3, -0.25) is 0 Å². The van der Waals surface area contributed by atoms with E-state index in [2.05, 4.69) is 20.4 Å². The van der Waals surface area contributed by atoms with Gasteiger partial charge in [-0.25, -0.2) is 4.68 Å². The number of rotatable bonds is 5. The fourth-order valence-electron chi connectivity index (χ4n) is 4.23. The Morgan fingerprint density at radius 2 is 1.94 bits per heavy atom. The molecular weight excluding hydrogens is 422 g/mol. The van der Waals surface area contributed by atoms with Crippen molar-refractivity contribution in [2.24, 2.45) is 0 Å². The Kier molecular flexibility index (Phi) is 5.10. The molecule has 2 aliphatic heterocycles. The quantitative estimate of drug-likeness (QED) is 0.577. The lowest BCUT2D eigenvalue weighted by molar-refractivity contribution is -0.201. The SMILES string of the molecule is C[C@@H](Nc1nc(Cl)nc2c1cnn2[C@@H]1O[C@H](CO)[C@H]2OC(C)(C)O[C@H]21)c1ccccc1. The van der Waals surface area contributed by atoms with Crippen molar-refractivity contribution in [2.45, 2.75) is 57.1 Å². The van der Waals surface area contributed by atoms with Gasteiger partial charge in [0.2, 0.25) is 5.28 Å². The molecule has 2 aromatic heterocycles. The smallest absolute Gasteiger partial charge is 0.226 e. The Balaban J connectivity index is 1.50. The van der Waals surface area contributed by atoms with E-state index in [1.54, 1.807) is 10.9 Å². The predicted octanol–water partition coefficient (Wildman–Crippen LogP) is 3.06. The second kappa shape index (κ2) is 7.68. The van der Waals surface area contributed by atoms with Gasteiger partial charge in [0.15, 0.2) is 17.7 Å². The standard InChI is InChI=1S/C21H24ClN5O4/c1-11(12-7-5-4-6-8-12)24-17-13-9-23-27(18(13)26-20(22)25-17)19-16-15(14(10-28)29-19)30-21(2,3)31-16/h4-9,11,14-16,19,28H,10H2,1-3H3,(H,24,25,26)/t11-,14-,15-,16-,19-/m1/s1. The molecule has 0 aliphatic carbocycles. The summed E-state index contributed by atoms with van der Waals surface area (Å²) >= 11 is 6.26. The highest BCUT2D eigenvalue weighted by Gasteiger charge is 2.56. The van der Waals surface area contributed by atoms with Crippen LogP contribution >= 0.6 is 11.6 Å². The number of ether oxygens (including phenoxy) is 3. The summed E-state index contributed by atoms with van der Waals surface area (Å²) in [5.74, 6) is -0.201. The molecule has 2 aliphatic rings. The molecule has 0 amide bonds. The summed E-state index contributed by atoms with van der Waals surface area (Å²) in [7, 11) is 0. The predicted molar refractivity (Wildman–Crippen MR) is 114 cm³/mol. The summed E-state index contributed by atoms with van der Waals surface area (Å²) in [6.45, 7) is 5.53. The fraction of sp³-hybridized carbons (Fsp3) is 0.476. The van der Waals surface area contributed by atoms with E-state index in [0.717, 1.165) is 5.56 Å². The zero-order valence-corrected chi connectivity index (χ0v) is 18.2. The lowest BCUT2D eigenvalue weighted by atomic mass is 10.1. The number of anilines is 1. The van der Waals surface area contributed by atoms with Crippen LogP contribution in [0.2, 0.25) is 5.28 Å². The van der Waals surface area contributed by atoms with E-state index >= 15 is 0 Å². The Morgan fingerprint density at radius 1 is 1.19 bits per heavy atom. The summed E-state index contributed by atoms with van der Waals surface area (Å²) in [5.41, 5.74) is 1.63. The van der Waals surface area contributed by atoms with E-state index in [1.165, 1.54) is 0 Å². The lowest BCUT2D eigenvalue weighted by Gasteiger charge is -2.23. The van der Waals surface area contributed by atoms with Crippen LogP contribution in [0.3, 0.4) is 0 Å². The molecule has 4 heterocycles. The molecule has 3 aromatic rings. The lowest BCUT2D eigenvalue weighted by Crippen LogP contribution is -2.31. The number of halogens is 1. The number of nitrogens with one attached hydrogen (secondary N) is 1. The molecule has 0 bridgehead atoms. The topological polar surface area (TPSA) is 104 Å². The zero-order chi connectivity index (χ0) is 21.8. The van der Waals surface area contributed by atoms with E-state index in [-0.39, 0.29) is 17.9 Å². The molecule has 1 aromatic carbocycles. The number of aliphatic hydroxyl groups is 1. The third-order valence-electron chi connectivity index (χ3n) is 5.63. The number of benzene rings is 1. The minimum Gasteiger partial charge on any atom is -0.394 e. The van der Waals surface area contributed by atoms with E-state index in [1.807, 2.05) is 51.1 Å². The number of hydrogen-bond acceptors (Lipinski definition) is 8. The third-order valence-corrected chi connectivity index (χ3v) is 5.79. The highest BCUT2D eigenvalue weighted by molar-refractivity contribution is 6.28. The second-order valence-corrected chi connectivity index (χ2v) is 8.59. The van der Waals surface area contributed by atoms with Crippen molar-refractivity contribution >= 4 is 28.5 Å². The van der Waals surface area contributed by atoms with Crippen LogP contribution in [0.15, 0.2) is 36.5 Å². The highest BCUT2D eigenvalue weighted by Crippen LogP contribution is 2.43. The number of fused-ring (bicyclic) bond motifs is 2. The van der Waals surface area contributed by atoms with E-state index in [4.69, 9.17) is 25.8 Å². The molecule has 0 spiro atoms. The van der Waals surface area contributed by atoms with Crippen molar-refractivity contribution in [3.05, 3.63) is 47.4 Å². The molecule has 0 radical (unpaired) electrons. The fourth-order valence-corrected chi connectivity index (χ4v) is 4.39. The maximum Gasteiger partial charge on any atom is 0.226 e. The van der Waals surface area contributed by atoms with Gasteiger partial charge in [-0.15, -0.1) is 0 Å². The van der Waals surface area contributed by atoms with Crippen molar-refractivity contribution in [1.29, 1.82) is 0 Å². The first-order chi connectivity index (χ1) is 14.9. The third kappa shape index (κ3) is 3.66. The minimum absolute atomic E-state index is 0.00281. The first-order valence-electron chi connectivity index (χ1n) is 10.2. The van der Waals surface area contributed by atoms with Crippen LogP contribution in [0, 0.1) is 0 Å². The summed E-state index contributed by atoms with van der Waals surface area (Å²) in [6, 6.07) is 10.0. The molecule has 5 rings (SSSR count). The molecule has 164 valence electrons. The second-order valence-electron chi connectivity index (χ2n) is 8.26. The van der Waals surface area contributed by atoms with E-state index in [9.17, 15) is 5.11 Å². The Bertz CT molecular complexity index is 1090. The maximum absolute atomic E-state index is 9.76. The summed E-state index contributed by atoms with van der Waals surface area (Å²) in [4.78, 5) is 8.78. The van der Waals surface area contributed by atoms with Crippen LogP contribution in [0.25, 0.3) is 11.0 Å². The van der Waals surface area contributed by atoms with Crippen LogP contribution in [-0.4, -0.2) is 55.6 Å². The van der Waals surface area contributed by atoms with Crippen LogP contribution in [0.1, 0.15) is 38.6 Å². The van der Waals surface area contributed by atoms with Crippen LogP contribution in [0.5, 0.6) is 0 Å². The molecule has 5 atom stereocenters. The van der Waals surface area contributed by atoms with Crippen LogP contribution in [0.4, 0.5) is 5.82 Å². The van der Waals surface area contributed by atoms with Crippen LogP contribution < -0.4 is 5.32 Å². The van der Waals surface area contributed by atoms with Crippen molar-refractivity contribution in [3.8, 4) is 0 Å². The van der Waals surface area contributed by atoms with Gasteiger partial charge in [0, 0.05) is 6.04 Å². The van der Waals surface area contributed by atoms with Gasteiger partial charge >= 0.3 is 0 Å². The molecule has 2 N–H and O–H groups in total. The average molecular weight is 446 g/mol. The normalized spacial score (nSPS) is 28.0. The van der Waals surface area contributed by atoms with Crippen molar-refractivity contribution in [3.63, 3.8) is 0 Å². The van der Waals surface area contributed by atoms with Crippen molar-refractivity contribution in [1.82, 2.24) is 19.7 Å². The molecule has 0 unspecified atom stereocenters. The highest BCUT2D eigenvalue weighted by atomic mass is 35.5. The maximum atomic E-state index is 9.76. The molecule has 2 saturated heterocycles. The number of nitrogens with zero attached hydrogens (tertiary/aromatic N) is 4. The van der Waals surface area contributed by atoms with Gasteiger partial charge < -0.3 is 24.6 Å². The van der Waals surface area contributed by atoms with Crippen molar-refractivity contribution < 1.29 is 19.3 Å². The van der Waals surface area contributed by atoms with Gasteiger partial charge in [-0.05, 0) is 37.9 Å². The Hall–Kier alpha value is -2.30. The molecule has 31 heavy (non-hydrogen) atoms. The van der Waals surface area contributed by atoms with E-state index in [0.29, 0.717) is 16.9 Å². The Morgan fingerprint density at radius 3 is 2.68 bits per heavy atom. The molecular formula is C21H24ClN5O4. The van der Waals surface area contributed by atoms with Gasteiger partial charge in [0.25, 0.3) is 0 Å². The van der Waals surface area contributed by atoms with Crippen molar-refractivity contribution in [2.75, 3.05) is 11.9 Å². The first kappa shape index (κ1) is 20.6. The zero-order valence-electron chi connectivity index (χ0n) is 17.4. The van der Waals surface area contributed by atoms with Gasteiger partial charge in [0.1, 0.15) is 24.1 Å². The van der Waals surface area contributed by atoms with E-state index < -0.39 is 30.3 Å². The monoisotopic (exact) mass is 445 g/mol. The summed E-state index contributed by atoms with van der Waals surface area (Å²) in [6.07, 6.45) is -0.311. The average Bonchev–Trinajstić information content (AvgIpc) is 3.39. The minimum atomic E-state index is -0.780. The molecule has 0 saturated carbocycles. The van der Waals surface area contributed by atoms with Gasteiger partial charge in [-0.2, -0.15) is 15.1 Å². The first-order valence-corrected chi connectivity index (χ1v) is 10.6. The summed E-state index contributed by atoms with van der Waals surface area (Å²) < 4.78 is 19.7. The van der Waals surface area contributed by atoms with Gasteiger partial charge in [0.05, 0.1) is 18.2 Å². The van der Waals surface area contributed by atoms with Crippen LogP contribution in [-0.2, 0) is 14.2 Å². The largest absolute Gasteiger partial charge is 0.394 e. The number of aromatic nitrogens is 4. The number of aliphatic hydroxyl groups excluding tert-OH is 1. The molecule has 10 heteroatoms. The number of hydrogen-bond donors (Lipinski definition) is 2. The summed E-state index contributed by atoms with van der Waals surface area (Å²) in [5, 5.41) is 18.5. The molecule has 2 fully saturated rings. The Labute approximate surface area is 184 Å².